The molecule has 0 unspecified atom stereocenters. The molecule has 0 bridgehead atoms. The van der Waals surface area contributed by atoms with Crippen LogP contribution in [0.3, 0.4) is 0 Å². The highest BCUT2D eigenvalue weighted by atomic mass is 32.1. The summed E-state index contributed by atoms with van der Waals surface area (Å²) in [5.74, 6) is 0.123. The number of amides is 3. The van der Waals surface area contributed by atoms with Gasteiger partial charge in [-0.1, -0.05) is 31.9 Å². The van der Waals surface area contributed by atoms with E-state index in [9.17, 15) is 9.59 Å². The van der Waals surface area contributed by atoms with Crippen LogP contribution in [0.25, 0.3) is 10.2 Å². The number of hydrogen-bond acceptors (Lipinski definition) is 5. The largest absolute Gasteiger partial charge is 0.326 e. The summed E-state index contributed by atoms with van der Waals surface area (Å²) in [5, 5.41) is 3.99. The van der Waals surface area contributed by atoms with Crippen molar-refractivity contribution in [3.05, 3.63) is 29.3 Å². The van der Waals surface area contributed by atoms with Gasteiger partial charge in [0.25, 0.3) is 5.91 Å². The zero-order chi connectivity index (χ0) is 18.3. The number of nitrogens with one attached hydrogen (secondary N) is 1. The van der Waals surface area contributed by atoms with E-state index in [2.05, 4.69) is 23.3 Å². The molecular formula is C19H24N4O2S. The Bertz CT molecular complexity index is 818. The van der Waals surface area contributed by atoms with Crippen molar-refractivity contribution in [1.82, 2.24) is 20.1 Å². The molecule has 138 valence electrons. The molecule has 1 N–H and O–H groups in total. The minimum atomic E-state index is -0.688. The van der Waals surface area contributed by atoms with E-state index in [0.717, 1.165) is 40.9 Å². The molecule has 6 nitrogen and oxygen atoms in total. The lowest BCUT2D eigenvalue weighted by atomic mass is 9.73. The van der Waals surface area contributed by atoms with Gasteiger partial charge in [-0.3, -0.25) is 9.69 Å². The average Bonchev–Trinajstić information content (AvgIpc) is 3.12. The maximum Gasteiger partial charge on any atom is 0.326 e. The van der Waals surface area contributed by atoms with E-state index in [4.69, 9.17) is 0 Å². The third-order valence-corrected chi connectivity index (χ3v) is 6.65. The van der Waals surface area contributed by atoms with Gasteiger partial charge in [-0.2, -0.15) is 0 Å². The highest BCUT2D eigenvalue weighted by Crippen LogP contribution is 2.38. The predicted octanol–water partition coefficient (Wildman–Crippen LogP) is 3.19. The van der Waals surface area contributed by atoms with E-state index in [1.54, 1.807) is 11.3 Å². The molecule has 26 heavy (non-hydrogen) atoms. The standard InChI is InChI=1S/C19H24N4O2S/c1-13-7-5-6-10-19(13)17(24)23(18(25)21-19)12-22(2)11-16-20-14-8-3-4-9-15(14)26-16/h3-4,8-9,13H,5-7,10-12H2,1-2H3,(H,21,25)/t13-,19-/m1/s1. The minimum absolute atomic E-state index is 0.0640. The molecule has 4 rings (SSSR count). The summed E-state index contributed by atoms with van der Waals surface area (Å²) in [6, 6.07) is 7.78. The molecule has 1 aliphatic heterocycles. The van der Waals surface area contributed by atoms with Gasteiger partial charge in [0.1, 0.15) is 10.5 Å². The molecule has 1 aromatic carbocycles. The number of nitrogens with zero attached hydrogens (tertiary/aromatic N) is 3. The van der Waals surface area contributed by atoms with Crippen LogP contribution in [0.5, 0.6) is 0 Å². The van der Waals surface area contributed by atoms with E-state index in [1.165, 1.54) is 4.90 Å². The number of imide groups is 1. The predicted molar refractivity (Wildman–Crippen MR) is 102 cm³/mol. The molecule has 7 heteroatoms. The van der Waals surface area contributed by atoms with Crippen molar-refractivity contribution < 1.29 is 9.59 Å². The van der Waals surface area contributed by atoms with Crippen molar-refractivity contribution >= 4 is 33.5 Å². The molecular weight excluding hydrogens is 348 g/mol. The van der Waals surface area contributed by atoms with Crippen molar-refractivity contribution in [2.45, 2.75) is 44.7 Å². The highest BCUT2D eigenvalue weighted by Gasteiger charge is 2.54. The summed E-state index contributed by atoms with van der Waals surface area (Å²) in [5.41, 5.74) is 0.303. The topological polar surface area (TPSA) is 65.5 Å². The van der Waals surface area contributed by atoms with E-state index >= 15 is 0 Å². The zero-order valence-corrected chi connectivity index (χ0v) is 16.0. The summed E-state index contributed by atoms with van der Waals surface area (Å²) in [4.78, 5) is 33.5. The van der Waals surface area contributed by atoms with Crippen LogP contribution < -0.4 is 5.32 Å². The number of carbonyl (C=O) groups is 2. The van der Waals surface area contributed by atoms with E-state index in [0.29, 0.717) is 6.54 Å². The molecule has 1 saturated carbocycles. The van der Waals surface area contributed by atoms with Crippen LogP contribution >= 0.6 is 11.3 Å². The number of thiazole rings is 1. The van der Waals surface area contributed by atoms with Crippen molar-refractivity contribution in [2.24, 2.45) is 5.92 Å². The average molecular weight is 372 g/mol. The number of aromatic nitrogens is 1. The Hall–Kier alpha value is -1.99. The van der Waals surface area contributed by atoms with Gasteiger partial charge in [0.05, 0.1) is 23.4 Å². The first-order valence-corrected chi connectivity index (χ1v) is 9.98. The van der Waals surface area contributed by atoms with Gasteiger partial charge in [-0.05, 0) is 37.9 Å². The van der Waals surface area contributed by atoms with Crippen LogP contribution in [0.4, 0.5) is 4.79 Å². The summed E-state index contributed by atoms with van der Waals surface area (Å²) < 4.78 is 1.15. The van der Waals surface area contributed by atoms with Crippen LogP contribution in [0.15, 0.2) is 24.3 Å². The lowest BCUT2D eigenvalue weighted by Gasteiger charge is -2.37. The van der Waals surface area contributed by atoms with Crippen LogP contribution in [-0.2, 0) is 11.3 Å². The fraction of sp³-hybridized carbons (Fsp3) is 0.526. The quantitative estimate of drug-likeness (QED) is 0.837. The number of carbonyl (C=O) groups excluding carboxylic acids is 2. The molecule has 1 aromatic heterocycles. The van der Waals surface area contributed by atoms with Crippen LogP contribution in [0, 0.1) is 5.92 Å². The lowest BCUT2D eigenvalue weighted by molar-refractivity contribution is -0.135. The Balaban J connectivity index is 1.46. The van der Waals surface area contributed by atoms with Gasteiger partial charge in [0.15, 0.2) is 0 Å². The first-order valence-electron chi connectivity index (χ1n) is 9.17. The molecule has 1 aliphatic carbocycles. The third kappa shape index (κ3) is 2.89. The lowest BCUT2D eigenvalue weighted by Crippen LogP contribution is -2.54. The Morgan fingerprint density at radius 2 is 2.15 bits per heavy atom. The van der Waals surface area contributed by atoms with Gasteiger partial charge in [0, 0.05) is 0 Å². The van der Waals surface area contributed by atoms with Crippen LogP contribution in [-0.4, -0.2) is 46.0 Å². The molecule has 2 heterocycles. The monoisotopic (exact) mass is 372 g/mol. The molecule has 2 aliphatic rings. The zero-order valence-electron chi connectivity index (χ0n) is 15.2. The van der Waals surface area contributed by atoms with Gasteiger partial charge in [-0.25, -0.2) is 14.7 Å². The van der Waals surface area contributed by atoms with Gasteiger partial charge in [-0.15, -0.1) is 11.3 Å². The first kappa shape index (κ1) is 17.4. The molecule has 2 atom stereocenters. The van der Waals surface area contributed by atoms with Crippen molar-refractivity contribution in [3.63, 3.8) is 0 Å². The van der Waals surface area contributed by atoms with Crippen molar-refractivity contribution in [3.8, 4) is 0 Å². The Morgan fingerprint density at radius 3 is 2.92 bits per heavy atom. The fourth-order valence-electron chi connectivity index (χ4n) is 4.13. The molecule has 3 amide bonds. The second-order valence-electron chi connectivity index (χ2n) is 7.51. The van der Waals surface area contributed by atoms with Crippen LogP contribution in [0.1, 0.15) is 37.6 Å². The molecule has 2 fully saturated rings. The summed E-state index contributed by atoms with van der Waals surface area (Å²) in [7, 11) is 1.92. The Kier molecular flexibility index (Phi) is 4.44. The fourth-order valence-corrected chi connectivity index (χ4v) is 5.18. The second kappa shape index (κ2) is 6.63. The smallest absolute Gasteiger partial charge is 0.323 e. The Labute approximate surface area is 157 Å². The number of hydrogen-bond donors (Lipinski definition) is 1. The van der Waals surface area contributed by atoms with Gasteiger partial charge < -0.3 is 5.32 Å². The van der Waals surface area contributed by atoms with Gasteiger partial charge >= 0.3 is 6.03 Å². The van der Waals surface area contributed by atoms with E-state index in [-0.39, 0.29) is 24.5 Å². The summed E-state index contributed by atoms with van der Waals surface area (Å²) in [6.45, 7) is 2.97. The molecule has 1 spiro atoms. The SMILES string of the molecule is C[C@@H]1CCCC[C@@]12NC(=O)N(CN(C)Cc1nc3ccccc3s1)C2=O. The number of fused-ring (bicyclic) bond motifs is 1. The molecule has 0 radical (unpaired) electrons. The highest BCUT2D eigenvalue weighted by molar-refractivity contribution is 7.18. The van der Waals surface area contributed by atoms with E-state index in [1.807, 2.05) is 30.1 Å². The van der Waals surface area contributed by atoms with Crippen LogP contribution in [0.2, 0.25) is 0 Å². The summed E-state index contributed by atoms with van der Waals surface area (Å²) in [6.07, 6.45) is 3.85. The number of benzene rings is 1. The first-order chi connectivity index (χ1) is 12.5. The van der Waals surface area contributed by atoms with E-state index < -0.39 is 5.54 Å². The molecule has 2 aromatic rings. The second-order valence-corrected chi connectivity index (χ2v) is 8.63. The minimum Gasteiger partial charge on any atom is -0.323 e. The maximum atomic E-state index is 13.0. The third-order valence-electron chi connectivity index (χ3n) is 5.63. The van der Waals surface area contributed by atoms with Crippen molar-refractivity contribution in [1.29, 1.82) is 0 Å². The normalized spacial score (nSPS) is 26.3. The number of rotatable bonds is 4. The number of urea groups is 1. The van der Waals surface area contributed by atoms with Gasteiger partial charge in [0.2, 0.25) is 0 Å². The maximum absolute atomic E-state index is 13.0. The Morgan fingerprint density at radius 1 is 1.35 bits per heavy atom. The molecule has 1 saturated heterocycles. The summed E-state index contributed by atoms with van der Waals surface area (Å²) >= 11 is 1.65. The van der Waals surface area contributed by atoms with Crippen molar-refractivity contribution in [2.75, 3.05) is 13.7 Å². The number of para-hydroxylation sites is 1.